The molecule has 1 fully saturated rings. The minimum Gasteiger partial charge on any atom is -0.497 e. The van der Waals surface area contributed by atoms with Gasteiger partial charge in [-0.25, -0.2) is 0 Å². The lowest BCUT2D eigenvalue weighted by atomic mass is 9.70. The summed E-state index contributed by atoms with van der Waals surface area (Å²) in [5.41, 5.74) is 2.49. The second-order valence-electron chi connectivity index (χ2n) is 10.4. The van der Waals surface area contributed by atoms with Crippen molar-refractivity contribution in [2.24, 2.45) is 17.8 Å². The molecule has 1 amide bonds. The molecule has 0 spiro atoms. The van der Waals surface area contributed by atoms with Gasteiger partial charge in [-0.1, -0.05) is 38.1 Å². The van der Waals surface area contributed by atoms with Gasteiger partial charge < -0.3 is 19.1 Å². The minimum absolute atomic E-state index is 0.0757. The zero-order valence-corrected chi connectivity index (χ0v) is 21.5. The van der Waals surface area contributed by atoms with Crippen molar-refractivity contribution < 1.29 is 23.8 Å². The summed E-state index contributed by atoms with van der Waals surface area (Å²) in [6.45, 7) is 7.30. The average Bonchev–Trinajstić information content (AvgIpc) is 3.16. The highest BCUT2D eigenvalue weighted by molar-refractivity contribution is 6.11. The molecule has 3 aliphatic rings. The lowest BCUT2D eigenvalue weighted by Gasteiger charge is -2.41. The van der Waals surface area contributed by atoms with Gasteiger partial charge in [0.05, 0.1) is 31.2 Å². The Kier molecular flexibility index (Phi) is 6.78. The number of hydrogen-bond donors (Lipinski definition) is 0. The van der Waals surface area contributed by atoms with Crippen molar-refractivity contribution in [1.82, 2.24) is 4.90 Å². The fourth-order valence-corrected chi connectivity index (χ4v) is 6.18. The summed E-state index contributed by atoms with van der Waals surface area (Å²) in [6.07, 6.45) is 2.24. The van der Waals surface area contributed by atoms with Gasteiger partial charge in [0.15, 0.2) is 11.5 Å². The van der Waals surface area contributed by atoms with Crippen LogP contribution in [0.5, 0.6) is 11.5 Å². The van der Waals surface area contributed by atoms with Crippen molar-refractivity contribution in [3.05, 3.63) is 71.0 Å². The number of rotatable bonds is 7. The Bertz CT molecular complexity index is 1170. The zero-order valence-electron chi connectivity index (χ0n) is 21.5. The number of Topliss-reactive ketones (excluding diaryl/α,β-unsaturated/α-hetero) is 1. The van der Waals surface area contributed by atoms with Gasteiger partial charge in [-0.3, -0.25) is 9.59 Å². The number of hydrogen-bond acceptors (Lipinski definition) is 5. The molecular formula is C30H35NO5. The maximum atomic E-state index is 14.0. The van der Waals surface area contributed by atoms with Gasteiger partial charge in [0.2, 0.25) is 0 Å². The van der Waals surface area contributed by atoms with Crippen LogP contribution in [0.1, 0.15) is 50.8 Å². The highest BCUT2D eigenvalue weighted by Crippen LogP contribution is 2.49. The quantitative estimate of drug-likeness (QED) is 0.540. The van der Waals surface area contributed by atoms with E-state index in [-0.39, 0.29) is 35.4 Å². The third-order valence-electron chi connectivity index (χ3n) is 7.81. The van der Waals surface area contributed by atoms with Crippen LogP contribution >= 0.6 is 0 Å². The Hall–Kier alpha value is -3.28. The molecule has 2 aromatic rings. The van der Waals surface area contributed by atoms with Crippen LogP contribution in [0.25, 0.3) is 0 Å². The van der Waals surface area contributed by atoms with E-state index in [4.69, 9.17) is 14.2 Å². The summed E-state index contributed by atoms with van der Waals surface area (Å²) < 4.78 is 17.4. The lowest BCUT2D eigenvalue weighted by Crippen LogP contribution is -2.45. The zero-order chi connectivity index (χ0) is 25.4. The summed E-state index contributed by atoms with van der Waals surface area (Å²) in [7, 11) is 1.64. The number of carbonyl (C=O) groups is 2. The summed E-state index contributed by atoms with van der Waals surface area (Å²) in [6, 6.07) is 15.1. The van der Waals surface area contributed by atoms with E-state index in [0.717, 1.165) is 35.5 Å². The molecule has 36 heavy (non-hydrogen) atoms. The smallest absolute Gasteiger partial charge is 0.290 e. The first-order valence-corrected chi connectivity index (χ1v) is 13.0. The van der Waals surface area contributed by atoms with Gasteiger partial charge >= 0.3 is 0 Å². The number of fused-ring (bicyclic) bond motifs is 1. The molecule has 190 valence electrons. The number of carbonyl (C=O) groups excluding carboxylic acids is 2. The number of benzene rings is 2. The molecule has 0 aromatic heterocycles. The molecular weight excluding hydrogens is 454 g/mol. The fraction of sp³-hybridized carbons (Fsp3) is 0.467. The molecule has 2 aromatic carbocycles. The summed E-state index contributed by atoms with van der Waals surface area (Å²) >= 11 is 0. The average molecular weight is 490 g/mol. The molecule has 2 heterocycles. The Labute approximate surface area is 213 Å². The van der Waals surface area contributed by atoms with E-state index < -0.39 is 6.04 Å². The number of nitrogens with zero attached hydrogens (tertiary/aromatic N) is 1. The summed E-state index contributed by atoms with van der Waals surface area (Å²) in [5, 5.41) is 0. The molecule has 0 bridgehead atoms. The maximum absolute atomic E-state index is 14.0. The molecule has 5 atom stereocenters. The van der Waals surface area contributed by atoms with Gasteiger partial charge in [0.1, 0.15) is 17.6 Å². The normalized spacial score (nSPS) is 27.4. The molecule has 0 saturated heterocycles. The Morgan fingerprint density at radius 3 is 2.53 bits per heavy atom. The second kappa shape index (κ2) is 10.00. The number of ketones is 1. The van der Waals surface area contributed by atoms with Crippen molar-refractivity contribution >= 4 is 11.7 Å². The van der Waals surface area contributed by atoms with Crippen molar-refractivity contribution in [2.75, 3.05) is 20.3 Å². The van der Waals surface area contributed by atoms with E-state index in [1.54, 1.807) is 7.11 Å². The number of methoxy groups -OCH3 is 1. The predicted octanol–water partition coefficient (Wildman–Crippen LogP) is 5.12. The van der Waals surface area contributed by atoms with E-state index in [1.165, 1.54) is 0 Å². The molecule has 6 heteroatoms. The Morgan fingerprint density at radius 2 is 1.81 bits per heavy atom. The van der Waals surface area contributed by atoms with E-state index >= 15 is 0 Å². The first-order valence-electron chi connectivity index (χ1n) is 13.0. The van der Waals surface area contributed by atoms with Gasteiger partial charge in [0.25, 0.3) is 5.91 Å². The van der Waals surface area contributed by atoms with Crippen LogP contribution in [0.2, 0.25) is 0 Å². The number of ether oxygens (including phenoxy) is 3. The van der Waals surface area contributed by atoms with Crippen molar-refractivity contribution in [1.29, 1.82) is 0 Å². The van der Waals surface area contributed by atoms with Crippen molar-refractivity contribution in [3.8, 4) is 11.5 Å². The minimum atomic E-state index is -0.479. The molecule has 5 rings (SSSR count). The highest BCUT2D eigenvalue weighted by Gasteiger charge is 2.53. The topological polar surface area (TPSA) is 65.1 Å². The molecule has 0 radical (unpaired) electrons. The SMILES string of the molecule is CCOc1cccc(C2C3=C(OC4C(C)CC(C)CC4C3=O)C(=O)N2CCc2ccc(OC)cc2)c1. The van der Waals surface area contributed by atoms with E-state index in [9.17, 15) is 9.59 Å². The molecule has 5 unspecified atom stereocenters. The molecule has 1 saturated carbocycles. The van der Waals surface area contributed by atoms with Gasteiger partial charge in [-0.15, -0.1) is 0 Å². The van der Waals surface area contributed by atoms with E-state index in [1.807, 2.05) is 60.4 Å². The molecule has 2 aliphatic heterocycles. The number of amides is 1. The van der Waals surface area contributed by atoms with E-state index in [0.29, 0.717) is 31.1 Å². The lowest BCUT2D eigenvalue weighted by molar-refractivity contribution is -0.138. The van der Waals surface area contributed by atoms with Crippen molar-refractivity contribution in [2.45, 2.75) is 52.2 Å². The van der Waals surface area contributed by atoms with Crippen LogP contribution in [0, 0.1) is 17.8 Å². The fourth-order valence-electron chi connectivity index (χ4n) is 6.18. The van der Waals surface area contributed by atoms with Gasteiger partial charge in [0, 0.05) is 6.54 Å². The first kappa shape index (κ1) is 24.4. The van der Waals surface area contributed by atoms with Crippen molar-refractivity contribution in [3.63, 3.8) is 0 Å². The van der Waals surface area contributed by atoms with Crippen LogP contribution in [0.15, 0.2) is 59.9 Å². The molecule has 1 aliphatic carbocycles. The molecule has 6 nitrogen and oxygen atoms in total. The third-order valence-corrected chi connectivity index (χ3v) is 7.81. The van der Waals surface area contributed by atoms with Crippen LogP contribution < -0.4 is 9.47 Å². The Balaban J connectivity index is 1.51. The van der Waals surface area contributed by atoms with E-state index in [2.05, 4.69) is 13.8 Å². The third kappa shape index (κ3) is 4.38. The maximum Gasteiger partial charge on any atom is 0.290 e. The van der Waals surface area contributed by atoms with Gasteiger partial charge in [-0.2, -0.15) is 0 Å². The largest absolute Gasteiger partial charge is 0.497 e. The highest BCUT2D eigenvalue weighted by atomic mass is 16.5. The standard InChI is InChI=1S/C30H35NO5/c1-5-35-23-8-6-7-21(17-23)26-25-27(32)24-16-18(2)15-19(3)28(24)36-29(25)30(33)31(26)14-13-20-9-11-22(34-4)12-10-20/h6-12,17-19,24,26,28H,5,13-16H2,1-4H3. The van der Waals surface area contributed by atoms with Crippen LogP contribution in [-0.2, 0) is 20.7 Å². The summed E-state index contributed by atoms with van der Waals surface area (Å²) in [4.78, 5) is 29.6. The predicted molar refractivity (Wildman–Crippen MR) is 137 cm³/mol. The van der Waals surface area contributed by atoms with Crippen LogP contribution in [0.4, 0.5) is 0 Å². The molecule has 0 N–H and O–H groups in total. The second-order valence-corrected chi connectivity index (χ2v) is 10.4. The summed E-state index contributed by atoms with van der Waals surface area (Å²) in [5.74, 6) is 2.15. The van der Waals surface area contributed by atoms with Gasteiger partial charge in [-0.05, 0) is 73.4 Å². The first-order chi connectivity index (χ1) is 17.4. The van der Waals surface area contributed by atoms with Crippen LogP contribution in [-0.4, -0.2) is 43.0 Å². The van der Waals surface area contributed by atoms with Crippen LogP contribution in [0.3, 0.4) is 0 Å². The monoisotopic (exact) mass is 489 g/mol. The Morgan fingerprint density at radius 1 is 1.03 bits per heavy atom.